The van der Waals surface area contributed by atoms with E-state index in [0.717, 1.165) is 34.7 Å². The van der Waals surface area contributed by atoms with Gasteiger partial charge in [-0.15, -0.1) is 0 Å². The molecule has 0 heterocycles. The summed E-state index contributed by atoms with van der Waals surface area (Å²) in [6.07, 6.45) is 2.57. The fourth-order valence-electron chi connectivity index (χ4n) is 3.43. The molecule has 3 N–H and O–H groups in total. The van der Waals surface area contributed by atoms with Gasteiger partial charge in [-0.2, -0.15) is 0 Å². The number of unbranched alkanes of at least 4 members (excludes halogenated alkanes) is 2. The zero-order chi connectivity index (χ0) is 21.9. The van der Waals surface area contributed by atoms with Crippen LogP contribution in [0.5, 0.6) is 0 Å². The van der Waals surface area contributed by atoms with E-state index in [4.69, 9.17) is 9.94 Å². The van der Waals surface area contributed by atoms with Crippen LogP contribution in [0.2, 0.25) is 0 Å². The molecule has 0 aliphatic heterocycles. The predicted molar refractivity (Wildman–Crippen MR) is 119 cm³/mol. The van der Waals surface area contributed by atoms with E-state index in [0.29, 0.717) is 13.0 Å². The fourth-order valence-corrected chi connectivity index (χ4v) is 3.43. The number of carbonyl (C=O) groups excluding carboxylic acids is 2. The largest absolute Gasteiger partial charge is 0.459 e. The first kappa shape index (κ1) is 22.5. The first-order valence-electron chi connectivity index (χ1n) is 10.5. The molecule has 1 atom stereocenters. The zero-order valence-corrected chi connectivity index (χ0v) is 17.4. The summed E-state index contributed by atoms with van der Waals surface area (Å²) in [5.41, 5.74) is 3.43. The molecule has 0 aliphatic carbocycles. The molecule has 162 valence electrons. The molecule has 3 rings (SSSR count). The Morgan fingerprint density at radius 2 is 1.61 bits per heavy atom. The number of carbonyl (C=O) groups is 2. The van der Waals surface area contributed by atoms with Gasteiger partial charge in [-0.1, -0.05) is 73.2 Å². The van der Waals surface area contributed by atoms with Crippen LogP contribution >= 0.6 is 0 Å². The number of nitrogens with one attached hydrogen (secondary N) is 2. The quantitative estimate of drug-likeness (QED) is 0.187. The van der Waals surface area contributed by atoms with Crippen molar-refractivity contribution < 1.29 is 19.5 Å². The molecule has 6 heteroatoms. The number of hydroxylamine groups is 1. The van der Waals surface area contributed by atoms with E-state index in [1.54, 1.807) is 5.48 Å². The van der Waals surface area contributed by atoms with E-state index in [2.05, 4.69) is 5.32 Å². The van der Waals surface area contributed by atoms with Crippen LogP contribution in [-0.4, -0.2) is 23.6 Å². The topological polar surface area (TPSA) is 87.7 Å². The van der Waals surface area contributed by atoms with Crippen molar-refractivity contribution >= 4 is 22.6 Å². The molecule has 0 spiro atoms. The summed E-state index contributed by atoms with van der Waals surface area (Å²) in [7, 11) is 0. The predicted octanol–water partition coefficient (Wildman–Crippen LogP) is 4.28. The molecular weight excluding hydrogens is 392 g/mol. The van der Waals surface area contributed by atoms with Gasteiger partial charge >= 0.3 is 5.97 Å². The van der Waals surface area contributed by atoms with Gasteiger partial charge in [0.15, 0.2) is 0 Å². The van der Waals surface area contributed by atoms with Gasteiger partial charge in [0, 0.05) is 6.42 Å². The maximum Gasteiger partial charge on any atom is 0.328 e. The second kappa shape index (κ2) is 11.8. The third kappa shape index (κ3) is 6.91. The SMILES string of the molecule is O=C(CCCCCNC(C(=O)OCc1ccccc1)c1ccc2ccccc2c1)NO. The van der Waals surface area contributed by atoms with E-state index in [1.807, 2.05) is 72.8 Å². The normalized spacial score (nSPS) is 11.8. The van der Waals surface area contributed by atoms with Crippen LogP contribution in [0.1, 0.15) is 42.9 Å². The van der Waals surface area contributed by atoms with Gasteiger partial charge in [-0.25, -0.2) is 10.3 Å². The van der Waals surface area contributed by atoms with Crippen molar-refractivity contribution in [1.29, 1.82) is 0 Å². The number of ether oxygens (including phenoxy) is 1. The smallest absolute Gasteiger partial charge is 0.328 e. The molecule has 0 aliphatic rings. The Morgan fingerprint density at radius 3 is 2.39 bits per heavy atom. The molecule has 6 nitrogen and oxygen atoms in total. The van der Waals surface area contributed by atoms with E-state index in [1.165, 1.54) is 0 Å². The fraction of sp³-hybridized carbons (Fsp3) is 0.280. The Hall–Kier alpha value is -3.22. The summed E-state index contributed by atoms with van der Waals surface area (Å²) >= 11 is 0. The van der Waals surface area contributed by atoms with Gasteiger partial charge in [0.1, 0.15) is 12.6 Å². The van der Waals surface area contributed by atoms with Gasteiger partial charge < -0.3 is 10.1 Å². The molecule has 1 unspecified atom stereocenters. The number of amides is 1. The van der Waals surface area contributed by atoms with Gasteiger partial charge in [-0.05, 0) is 47.4 Å². The second-order valence-corrected chi connectivity index (χ2v) is 7.43. The average Bonchev–Trinajstić information content (AvgIpc) is 2.82. The number of esters is 1. The van der Waals surface area contributed by atoms with Crippen molar-refractivity contribution in [2.24, 2.45) is 0 Å². The molecule has 0 saturated carbocycles. The maximum atomic E-state index is 12.9. The van der Waals surface area contributed by atoms with Gasteiger partial charge in [0.2, 0.25) is 5.91 Å². The van der Waals surface area contributed by atoms with Crippen molar-refractivity contribution in [2.45, 2.75) is 38.3 Å². The van der Waals surface area contributed by atoms with Crippen LogP contribution in [0.15, 0.2) is 72.8 Å². The number of benzene rings is 3. The number of rotatable bonds is 11. The zero-order valence-electron chi connectivity index (χ0n) is 17.4. The molecule has 0 saturated heterocycles. The molecule has 3 aromatic rings. The minimum Gasteiger partial charge on any atom is -0.459 e. The Balaban J connectivity index is 1.64. The standard InChI is InChI=1S/C25H28N2O4/c28-23(27-30)13-5-2-8-16-26-24(25(29)31-18-19-9-3-1-4-10-19)22-15-14-20-11-6-7-12-21(20)17-22/h1,3-4,6-7,9-12,14-15,17,24,26,30H,2,5,8,13,16,18H2,(H,27,28). The van der Waals surface area contributed by atoms with Crippen LogP contribution in [0.4, 0.5) is 0 Å². The number of hydrogen-bond acceptors (Lipinski definition) is 5. The van der Waals surface area contributed by atoms with Gasteiger partial charge in [0.25, 0.3) is 0 Å². The summed E-state index contributed by atoms with van der Waals surface area (Å²) < 4.78 is 5.60. The molecule has 1 amide bonds. The molecule has 0 bridgehead atoms. The third-order valence-electron chi connectivity index (χ3n) is 5.12. The van der Waals surface area contributed by atoms with Crippen molar-refractivity contribution in [1.82, 2.24) is 10.8 Å². The third-order valence-corrected chi connectivity index (χ3v) is 5.12. The van der Waals surface area contributed by atoms with E-state index in [-0.39, 0.29) is 24.9 Å². The summed E-state index contributed by atoms with van der Waals surface area (Å²) in [6, 6.07) is 23.0. The lowest BCUT2D eigenvalue weighted by Gasteiger charge is -2.19. The highest BCUT2D eigenvalue weighted by Gasteiger charge is 2.22. The Labute approximate surface area is 182 Å². The summed E-state index contributed by atoms with van der Waals surface area (Å²) in [6.45, 7) is 0.834. The lowest BCUT2D eigenvalue weighted by Crippen LogP contribution is -2.31. The highest BCUT2D eigenvalue weighted by Crippen LogP contribution is 2.22. The van der Waals surface area contributed by atoms with Crippen molar-refractivity contribution in [2.75, 3.05) is 6.54 Å². The second-order valence-electron chi connectivity index (χ2n) is 7.43. The molecule has 0 fully saturated rings. The Bertz CT molecular complexity index is 991. The van der Waals surface area contributed by atoms with Crippen LogP contribution in [0, 0.1) is 0 Å². The molecule has 0 radical (unpaired) electrons. The minimum absolute atomic E-state index is 0.224. The number of hydrogen-bond donors (Lipinski definition) is 3. The van der Waals surface area contributed by atoms with Crippen LogP contribution in [0.3, 0.4) is 0 Å². The Kier molecular flexibility index (Phi) is 8.58. The average molecular weight is 421 g/mol. The van der Waals surface area contributed by atoms with Gasteiger partial charge in [0.05, 0.1) is 0 Å². The minimum atomic E-state index is -0.575. The Morgan fingerprint density at radius 1 is 0.871 bits per heavy atom. The monoisotopic (exact) mass is 420 g/mol. The van der Waals surface area contributed by atoms with E-state index >= 15 is 0 Å². The summed E-state index contributed by atoms with van der Waals surface area (Å²) in [5, 5.41) is 14.0. The molecule has 0 aromatic heterocycles. The van der Waals surface area contributed by atoms with Crippen LogP contribution < -0.4 is 10.8 Å². The summed E-state index contributed by atoms with van der Waals surface area (Å²) in [5.74, 6) is -0.703. The lowest BCUT2D eigenvalue weighted by atomic mass is 10.0. The van der Waals surface area contributed by atoms with E-state index < -0.39 is 6.04 Å². The highest BCUT2D eigenvalue weighted by atomic mass is 16.5. The number of fused-ring (bicyclic) bond motifs is 1. The summed E-state index contributed by atoms with van der Waals surface area (Å²) in [4.78, 5) is 24.0. The van der Waals surface area contributed by atoms with Crippen molar-refractivity contribution in [3.63, 3.8) is 0 Å². The first-order valence-corrected chi connectivity index (χ1v) is 10.5. The molecular formula is C25H28N2O4. The van der Waals surface area contributed by atoms with Gasteiger partial charge in [-0.3, -0.25) is 10.0 Å². The van der Waals surface area contributed by atoms with E-state index in [9.17, 15) is 9.59 Å². The maximum absolute atomic E-state index is 12.9. The highest BCUT2D eigenvalue weighted by molar-refractivity contribution is 5.85. The van der Waals surface area contributed by atoms with Crippen molar-refractivity contribution in [3.8, 4) is 0 Å². The van der Waals surface area contributed by atoms with Crippen LogP contribution in [-0.2, 0) is 20.9 Å². The van der Waals surface area contributed by atoms with Crippen LogP contribution in [0.25, 0.3) is 10.8 Å². The molecule has 31 heavy (non-hydrogen) atoms. The first-order chi connectivity index (χ1) is 15.2. The molecule has 3 aromatic carbocycles. The van der Waals surface area contributed by atoms with Crippen molar-refractivity contribution in [3.05, 3.63) is 83.9 Å². The lowest BCUT2D eigenvalue weighted by molar-refractivity contribution is -0.147.